The molecule has 22 heavy (non-hydrogen) atoms. The summed E-state index contributed by atoms with van der Waals surface area (Å²) >= 11 is 0. The Hall–Kier alpha value is -2.56. The molecule has 0 fully saturated rings. The predicted octanol–water partition coefficient (Wildman–Crippen LogP) is 2.97. The molecule has 0 bridgehead atoms. The van der Waals surface area contributed by atoms with Gasteiger partial charge in [0, 0.05) is 19.2 Å². The van der Waals surface area contributed by atoms with E-state index in [9.17, 15) is 0 Å². The number of rotatable bonds is 6. The Labute approximate surface area is 131 Å². The van der Waals surface area contributed by atoms with Crippen molar-refractivity contribution in [3.8, 4) is 11.5 Å². The Morgan fingerprint density at radius 1 is 1.27 bits per heavy atom. The van der Waals surface area contributed by atoms with E-state index in [1.807, 2.05) is 43.3 Å². The van der Waals surface area contributed by atoms with Crippen molar-refractivity contribution in [3.05, 3.63) is 54.4 Å². The molecule has 0 aliphatic carbocycles. The first-order chi connectivity index (χ1) is 10.8. The quantitative estimate of drug-likeness (QED) is 0.372. The molecule has 0 aliphatic rings. The third kappa shape index (κ3) is 4.77. The Morgan fingerprint density at radius 2 is 2.09 bits per heavy atom. The van der Waals surface area contributed by atoms with Gasteiger partial charge in [-0.15, -0.1) is 0 Å². The lowest BCUT2D eigenvalue weighted by molar-refractivity contribution is 0.572. The van der Waals surface area contributed by atoms with E-state index in [4.69, 9.17) is 4.42 Å². The summed E-state index contributed by atoms with van der Waals surface area (Å²) in [5.41, 5.74) is 1.82. The van der Waals surface area contributed by atoms with Crippen LogP contribution < -0.4 is 10.6 Å². The van der Waals surface area contributed by atoms with Crippen LogP contribution >= 0.6 is 0 Å². The number of aliphatic imine (C=N–C) groups is 1. The Morgan fingerprint density at radius 3 is 2.82 bits per heavy atom. The maximum absolute atomic E-state index is 5.51. The summed E-state index contributed by atoms with van der Waals surface area (Å²) < 4.78 is 5.51. The normalized spacial score (nSPS) is 11.8. The summed E-state index contributed by atoms with van der Waals surface area (Å²) in [7, 11) is 1.75. The van der Waals surface area contributed by atoms with E-state index < -0.39 is 0 Å². The molecule has 0 aliphatic heterocycles. The number of allylic oxidation sites excluding steroid dienone is 1. The van der Waals surface area contributed by atoms with Crippen molar-refractivity contribution in [2.45, 2.75) is 19.9 Å². The molecule has 2 rings (SSSR count). The van der Waals surface area contributed by atoms with Gasteiger partial charge in [0.15, 0.2) is 5.96 Å². The van der Waals surface area contributed by atoms with Gasteiger partial charge in [-0.1, -0.05) is 30.4 Å². The molecule has 0 unspecified atom stereocenters. The molecule has 116 valence electrons. The van der Waals surface area contributed by atoms with Crippen LogP contribution in [0.15, 0.2) is 58.2 Å². The molecular formula is C17H22N4O. The number of nitrogens with zero attached hydrogens (tertiary/aromatic N) is 2. The number of guanidine groups is 1. The fourth-order valence-corrected chi connectivity index (χ4v) is 1.94. The van der Waals surface area contributed by atoms with Crippen molar-refractivity contribution >= 4 is 5.96 Å². The third-order valence-electron chi connectivity index (χ3n) is 3.07. The largest absolute Gasteiger partial charge is 0.444 e. The Balaban J connectivity index is 1.85. The maximum atomic E-state index is 5.51. The fourth-order valence-electron chi connectivity index (χ4n) is 1.94. The maximum Gasteiger partial charge on any atom is 0.226 e. The molecule has 2 N–H and O–H groups in total. The van der Waals surface area contributed by atoms with Crippen LogP contribution in [0.4, 0.5) is 0 Å². The number of oxazole rings is 1. The number of nitrogens with one attached hydrogen (secondary N) is 2. The van der Waals surface area contributed by atoms with E-state index in [1.165, 1.54) is 0 Å². The topological polar surface area (TPSA) is 62.5 Å². The van der Waals surface area contributed by atoms with E-state index in [2.05, 4.69) is 26.7 Å². The van der Waals surface area contributed by atoms with Gasteiger partial charge in [0.1, 0.15) is 6.26 Å². The monoisotopic (exact) mass is 298 g/mol. The van der Waals surface area contributed by atoms with Crippen molar-refractivity contribution in [2.75, 3.05) is 13.6 Å². The highest BCUT2D eigenvalue weighted by Gasteiger charge is 2.06. The minimum atomic E-state index is 0.569. The standard InChI is InChI=1S/C17H22N4O/c1-3-4-8-11-19-17(18-2)20-12-15-13-22-16(21-15)14-9-6-5-7-10-14/h3-7,9-10,13H,8,11-12H2,1-2H3,(H2,18,19,20). The lowest BCUT2D eigenvalue weighted by atomic mass is 10.2. The molecule has 1 aromatic heterocycles. The number of benzene rings is 1. The van der Waals surface area contributed by atoms with Crippen LogP contribution in [-0.4, -0.2) is 24.5 Å². The molecule has 0 atom stereocenters. The fraction of sp³-hybridized carbons (Fsp3) is 0.294. The molecule has 5 heteroatoms. The average molecular weight is 298 g/mol. The summed E-state index contributed by atoms with van der Waals surface area (Å²) in [5.74, 6) is 1.39. The van der Waals surface area contributed by atoms with E-state index >= 15 is 0 Å². The smallest absolute Gasteiger partial charge is 0.226 e. The molecule has 2 aromatic rings. The minimum absolute atomic E-state index is 0.569. The zero-order valence-electron chi connectivity index (χ0n) is 13.0. The zero-order chi connectivity index (χ0) is 15.6. The lowest BCUT2D eigenvalue weighted by Crippen LogP contribution is -2.37. The van der Waals surface area contributed by atoms with Gasteiger partial charge in [0.05, 0.1) is 12.2 Å². The number of aromatic nitrogens is 1. The van der Waals surface area contributed by atoms with E-state index in [-0.39, 0.29) is 0 Å². The highest BCUT2D eigenvalue weighted by molar-refractivity contribution is 5.79. The summed E-state index contributed by atoms with van der Waals surface area (Å²) in [6, 6.07) is 9.86. The second kappa shape index (κ2) is 8.67. The molecule has 0 saturated carbocycles. The van der Waals surface area contributed by atoms with Crippen LogP contribution in [0.1, 0.15) is 19.0 Å². The predicted molar refractivity (Wildman–Crippen MR) is 89.6 cm³/mol. The first kappa shape index (κ1) is 15.8. The minimum Gasteiger partial charge on any atom is -0.444 e. The van der Waals surface area contributed by atoms with Crippen LogP contribution in [0, 0.1) is 0 Å². The Kier molecular flexibility index (Phi) is 6.23. The molecule has 0 saturated heterocycles. The van der Waals surface area contributed by atoms with E-state index in [1.54, 1.807) is 13.3 Å². The molecule has 1 aromatic carbocycles. The van der Waals surface area contributed by atoms with E-state index in [0.717, 1.165) is 30.2 Å². The van der Waals surface area contributed by atoms with Crippen LogP contribution in [0.3, 0.4) is 0 Å². The first-order valence-electron chi connectivity index (χ1n) is 7.39. The van der Waals surface area contributed by atoms with E-state index in [0.29, 0.717) is 12.4 Å². The number of hydrogen-bond acceptors (Lipinski definition) is 3. The van der Waals surface area contributed by atoms with Crippen LogP contribution in [0.2, 0.25) is 0 Å². The highest BCUT2D eigenvalue weighted by Crippen LogP contribution is 2.17. The van der Waals surface area contributed by atoms with Crippen molar-refractivity contribution < 1.29 is 4.42 Å². The van der Waals surface area contributed by atoms with Crippen molar-refractivity contribution in [2.24, 2.45) is 4.99 Å². The SMILES string of the molecule is CC=CCCNC(=NC)NCc1coc(-c2ccccc2)n1. The van der Waals surface area contributed by atoms with Crippen molar-refractivity contribution in [3.63, 3.8) is 0 Å². The van der Waals surface area contributed by atoms with Crippen LogP contribution in [0.5, 0.6) is 0 Å². The van der Waals surface area contributed by atoms with Gasteiger partial charge in [-0.2, -0.15) is 0 Å². The molecule has 1 heterocycles. The molecule has 0 radical (unpaired) electrons. The van der Waals surface area contributed by atoms with Crippen LogP contribution in [-0.2, 0) is 6.54 Å². The van der Waals surface area contributed by atoms with Crippen molar-refractivity contribution in [1.82, 2.24) is 15.6 Å². The first-order valence-corrected chi connectivity index (χ1v) is 7.39. The van der Waals surface area contributed by atoms with Gasteiger partial charge in [-0.25, -0.2) is 4.98 Å². The van der Waals surface area contributed by atoms with Gasteiger partial charge in [-0.3, -0.25) is 4.99 Å². The average Bonchev–Trinajstić information content (AvgIpc) is 3.04. The van der Waals surface area contributed by atoms with Gasteiger partial charge < -0.3 is 15.1 Å². The lowest BCUT2D eigenvalue weighted by Gasteiger charge is -2.09. The van der Waals surface area contributed by atoms with Gasteiger partial charge >= 0.3 is 0 Å². The highest BCUT2D eigenvalue weighted by atomic mass is 16.3. The number of hydrogen-bond donors (Lipinski definition) is 2. The summed E-state index contributed by atoms with van der Waals surface area (Å²) in [4.78, 5) is 8.65. The van der Waals surface area contributed by atoms with Crippen molar-refractivity contribution in [1.29, 1.82) is 0 Å². The molecule has 5 nitrogen and oxygen atoms in total. The van der Waals surface area contributed by atoms with Gasteiger partial charge in [0.2, 0.25) is 5.89 Å². The summed E-state index contributed by atoms with van der Waals surface area (Å²) in [6.45, 7) is 3.43. The van der Waals surface area contributed by atoms with Gasteiger partial charge in [-0.05, 0) is 25.5 Å². The zero-order valence-corrected chi connectivity index (χ0v) is 13.0. The third-order valence-corrected chi connectivity index (χ3v) is 3.07. The van der Waals surface area contributed by atoms with Gasteiger partial charge in [0.25, 0.3) is 0 Å². The Bertz CT molecular complexity index is 617. The second-order valence-electron chi connectivity index (χ2n) is 4.72. The molecule has 0 spiro atoms. The summed E-state index contributed by atoms with van der Waals surface area (Å²) in [6.07, 6.45) is 6.80. The molecular weight excluding hydrogens is 276 g/mol. The molecule has 0 amide bonds. The second-order valence-corrected chi connectivity index (χ2v) is 4.72. The van der Waals surface area contributed by atoms with Crippen LogP contribution in [0.25, 0.3) is 11.5 Å². The summed E-state index contributed by atoms with van der Waals surface area (Å²) in [5, 5.41) is 6.46.